The Morgan fingerprint density at radius 3 is 2.62 bits per heavy atom. The second-order valence-corrected chi connectivity index (χ2v) is 5.49. The summed E-state index contributed by atoms with van der Waals surface area (Å²) in [5.74, 6) is -1.29. The Labute approximate surface area is 125 Å². The monoisotopic (exact) mass is 290 g/mol. The van der Waals surface area contributed by atoms with Crippen LogP contribution in [0.3, 0.4) is 0 Å². The summed E-state index contributed by atoms with van der Waals surface area (Å²) in [7, 11) is 0. The molecule has 0 radical (unpaired) electrons. The first kappa shape index (κ1) is 15.5. The van der Waals surface area contributed by atoms with Crippen LogP contribution in [0.5, 0.6) is 0 Å². The fourth-order valence-electron chi connectivity index (χ4n) is 2.71. The maximum absolute atomic E-state index is 11.9. The summed E-state index contributed by atoms with van der Waals surface area (Å²) in [6.07, 6.45) is 0.980. The van der Waals surface area contributed by atoms with Crippen molar-refractivity contribution in [3.8, 4) is 0 Å². The average molecular weight is 290 g/mol. The van der Waals surface area contributed by atoms with Gasteiger partial charge in [-0.2, -0.15) is 0 Å². The number of rotatable bonds is 5. The number of carbonyl (C=O) groups excluding carboxylic acids is 1. The third-order valence-corrected chi connectivity index (χ3v) is 3.89. The van der Waals surface area contributed by atoms with Crippen molar-refractivity contribution in [2.75, 3.05) is 13.1 Å². The molecule has 0 saturated carbocycles. The molecule has 2 N–H and O–H groups in total. The smallest absolute Gasteiger partial charge is 0.308 e. The van der Waals surface area contributed by atoms with Crippen molar-refractivity contribution in [3.63, 3.8) is 0 Å². The van der Waals surface area contributed by atoms with Gasteiger partial charge in [-0.05, 0) is 12.0 Å². The van der Waals surface area contributed by atoms with Crippen LogP contribution in [0.15, 0.2) is 30.3 Å². The summed E-state index contributed by atoms with van der Waals surface area (Å²) in [6.45, 7) is 3.40. The van der Waals surface area contributed by atoms with Gasteiger partial charge in [-0.15, -0.1) is 0 Å². The van der Waals surface area contributed by atoms with E-state index in [1.165, 1.54) is 0 Å². The predicted octanol–water partition coefficient (Wildman–Crippen LogP) is 1.49. The Morgan fingerprint density at radius 1 is 1.29 bits per heavy atom. The first-order chi connectivity index (χ1) is 10.1. The fourth-order valence-corrected chi connectivity index (χ4v) is 2.71. The maximum atomic E-state index is 11.9. The molecule has 0 bridgehead atoms. The van der Waals surface area contributed by atoms with Gasteiger partial charge in [-0.1, -0.05) is 37.3 Å². The summed E-state index contributed by atoms with van der Waals surface area (Å²) in [4.78, 5) is 24.8. The molecule has 0 spiro atoms. The number of carbonyl (C=O) groups is 2. The molecule has 2 rings (SSSR count). The van der Waals surface area contributed by atoms with Gasteiger partial charge in [0.25, 0.3) is 0 Å². The van der Waals surface area contributed by atoms with E-state index in [0.29, 0.717) is 32.5 Å². The van der Waals surface area contributed by atoms with Crippen molar-refractivity contribution in [2.45, 2.75) is 32.4 Å². The third-order valence-electron chi connectivity index (χ3n) is 3.89. The molecule has 1 fully saturated rings. The summed E-state index contributed by atoms with van der Waals surface area (Å²) >= 11 is 0. The van der Waals surface area contributed by atoms with E-state index in [1.54, 1.807) is 11.8 Å². The van der Waals surface area contributed by atoms with Crippen LogP contribution < -0.4 is 5.32 Å². The van der Waals surface area contributed by atoms with E-state index in [4.69, 9.17) is 0 Å². The van der Waals surface area contributed by atoms with E-state index in [9.17, 15) is 14.7 Å². The van der Waals surface area contributed by atoms with E-state index < -0.39 is 11.9 Å². The first-order valence-corrected chi connectivity index (χ1v) is 7.38. The molecular weight excluding hydrogens is 268 g/mol. The molecule has 2 atom stereocenters. The lowest BCUT2D eigenvalue weighted by Crippen LogP contribution is -2.52. The van der Waals surface area contributed by atoms with E-state index in [0.717, 1.165) is 5.56 Å². The zero-order valence-electron chi connectivity index (χ0n) is 12.3. The largest absolute Gasteiger partial charge is 0.481 e. The molecule has 0 aromatic heterocycles. The molecule has 21 heavy (non-hydrogen) atoms. The lowest BCUT2D eigenvalue weighted by molar-refractivity contribution is -0.146. The Balaban J connectivity index is 1.97. The number of nitrogens with one attached hydrogen (secondary N) is 1. The minimum Gasteiger partial charge on any atom is -0.481 e. The van der Waals surface area contributed by atoms with Crippen LogP contribution in [-0.4, -0.2) is 41.0 Å². The number of aliphatic carboxylic acids is 1. The van der Waals surface area contributed by atoms with Crippen molar-refractivity contribution in [3.05, 3.63) is 35.9 Å². The summed E-state index contributed by atoms with van der Waals surface area (Å²) in [6, 6.07) is 10.00. The van der Waals surface area contributed by atoms with Crippen LogP contribution in [0.2, 0.25) is 0 Å². The van der Waals surface area contributed by atoms with Crippen molar-refractivity contribution in [1.82, 2.24) is 10.2 Å². The number of carboxylic acid groups (broad SMARTS) is 1. The zero-order chi connectivity index (χ0) is 15.2. The molecule has 2 unspecified atom stereocenters. The lowest BCUT2D eigenvalue weighted by Gasteiger charge is -2.36. The number of benzene rings is 1. The van der Waals surface area contributed by atoms with Crippen molar-refractivity contribution >= 4 is 11.9 Å². The highest BCUT2D eigenvalue weighted by molar-refractivity contribution is 5.77. The van der Waals surface area contributed by atoms with Crippen LogP contribution in [0.4, 0.5) is 0 Å². The fraction of sp³-hybridized carbons (Fsp3) is 0.500. The molecule has 5 heteroatoms. The van der Waals surface area contributed by atoms with E-state index in [1.807, 2.05) is 30.3 Å². The zero-order valence-corrected chi connectivity index (χ0v) is 12.3. The van der Waals surface area contributed by atoms with Crippen molar-refractivity contribution in [1.29, 1.82) is 0 Å². The van der Waals surface area contributed by atoms with E-state index in [-0.39, 0.29) is 11.9 Å². The van der Waals surface area contributed by atoms with Gasteiger partial charge in [0.1, 0.15) is 0 Å². The standard InChI is InChI=1S/C16H22N2O3/c1-2-15(19)18-10-13(16(20)21)8-14(11-18)17-9-12-6-4-3-5-7-12/h3-7,13-14,17H,2,8-11H2,1H3,(H,20,21). The second kappa shape index (κ2) is 7.22. The Kier molecular flexibility index (Phi) is 5.33. The Bertz CT molecular complexity index is 490. The molecule has 5 nitrogen and oxygen atoms in total. The predicted molar refractivity (Wildman–Crippen MR) is 79.7 cm³/mol. The molecule has 1 aliphatic heterocycles. The van der Waals surface area contributed by atoms with E-state index in [2.05, 4.69) is 5.32 Å². The number of hydrogen-bond acceptors (Lipinski definition) is 3. The van der Waals surface area contributed by atoms with E-state index >= 15 is 0 Å². The number of amides is 1. The highest BCUT2D eigenvalue weighted by Gasteiger charge is 2.32. The topological polar surface area (TPSA) is 69.6 Å². The van der Waals surface area contributed by atoms with Crippen LogP contribution in [-0.2, 0) is 16.1 Å². The summed E-state index contributed by atoms with van der Waals surface area (Å²) in [5.41, 5.74) is 1.16. The summed E-state index contributed by atoms with van der Waals surface area (Å²) in [5, 5.41) is 12.6. The van der Waals surface area contributed by atoms with Gasteiger partial charge in [-0.3, -0.25) is 9.59 Å². The maximum Gasteiger partial charge on any atom is 0.308 e. The molecular formula is C16H22N2O3. The molecule has 1 heterocycles. The average Bonchev–Trinajstić information content (AvgIpc) is 2.52. The summed E-state index contributed by atoms with van der Waals surface area (Å²) < 4.78 is 0. The van der Waals surface area contributed by atoms with Gasteiger partial charge < -0.3 is 15.3 Å². The van der Waals surface area contributed by atoms with Gasteiger partial charge in [0.2, 0.25) is 5.91 Å². The lowest BCUT2D eigenvalue weighted by atomic mass is 9.94. The van der Waals surface area contributed by atoms with Crippen molar-refractivity contribution < 1.29 is 14.7 Å². The minimum absolute atomic E-state index is 0.0208. The van der Waals surface area contributed by atoms with Gasteiger partial charge >= 0.3 is 5.97 Å². The normalized spacial score (nSPS) is 22.0. The molecule has 1 aromatic carbocycles. The van der Waals surface area contributed by atoms with Crippen LogP contribution in [0, 0.1) is 5.92 Å². The number of carboxylic acids is 1. The quantitative estimate of drug-likeness (QED) is 0.862. The second-order valence-electron chi connectivity index (χ2n) is 5.49. The van der Waals surface area contributed by atoms with Crippen LogP contribution in [0.1, 0.15) is 25.3 Å². The highest BCUT2D eigenvalue weighted by atomic mass is 16.4. The third kappa shape index (κ3) is 4.29. The number of hydrogen-bond donors (Lipinski definition) is 2. The minimum atomic E-state index is -0.824. The van der Waals surface area contributed by atoms with Crippen molar-refractivity contribution in [2.24, 2.45) is 5.92 Å². The molecule has 1 aromatic rings. The number of nitrogens with zero attached hydrogens (tertiary/aromatic N) is 1. The SMILES string of the molecule is CCC(=O)N1CC(NCc2ccccc2)CC(C(=O)O)C1. The van der Waals surface area contributed by atoms with Gasteiger partial charge in [0.15, 0.2) is 0 Å². The Morgan fingerprint density at radius 2 is 2.00 bits per heavy atom. The molecule has 1 amide bonds. The molecule has 1 saturated heterocycles. The van der Waals surface area contributed by atoms with Gasteiger partial charge in [-0.25, -0.2) is 0 Å². The highest BCUT2D eigenvalue weighted by Crippen LogP contribution is 2.18. The molecule has 1 aliphatic rings. The van der Waals surface area contributed by atoms with Crippen LogP contribution >= 0.6 is 0 Å². The molecule has 114 valence electrons. The Hall–Kier alpha value is -1.88. The van der Waals surface area contributed by atoms with Gasteiger partial charge in [0, 0.05) is 32.1 Å². The first-order valence-electron chi connectivity index (χ1n) is 7.38. The van der Waals surface area contributed by atoms with Gasteiger partial charge in [0.05, 0.1) is 5.92 Å². The number of likely N-dealkylation sites (tertiary alicyclic amines) is 1. The molecule has 0 aliphatic carbocycles. The number of piperidine rings is 1. The van der Waals surface area contributed by atoms with Crippen LogP contribution in [0.25, 0.3) is 0 Å².